The molecule has 36 heavy (non-hydrogen) atoms. The number of aliphatic hydroxyl groups excluding tert-OH is 1. The van der Waals surface area contributed by atoms with Crippen LogP contribution >= 0.6 is 44.2 Å². The van der Waals surface area contributed by atoms with Gasteiger partial charge >= 0.3 is 13.7 Å². The van der Waals surface area contributed by atoms with Gasteiger partial charge in [0, 0.05) is 6.20 Å². The zero-order valence-corrected chi connectivity index (χ0v) is 23.6. The van der Waals surface area contributed by atoms with Gasteiger partial charge in [0.25, 0.3) is 0 Å². The Hall–Kier alpha value is -1.37. The molecule has 7 atom stereocenters. The number of nitrogens with one attached hydrogen (secondary N) is 2. The van der Waals surface area contributed by atoms with Crippen molar-refractivity contribution in [2.75, 3.05) is 6.61 Å². The van der Waals surface area contributed by atoms with Gasteiger partial charge in [-0.3, -0.25) is 9.32 Å². The number of halogens is 1. The number of rotatable bonds is 10. The van der Waals surface area contributed by atoms with Crippen LogP contribution in [0.15, 0.2) is 42.1 Å². The molecule has 3 rings (SSSR count). The van der Waals surface area contributed by atoms with Crippen molar-refractivity contribution in [2.24, 2.45) is 0 Å². The first kappa shape index (κ1) is 29.2. The van der Waals surface area contributed by atoms with Crippen molar-refractivity contribution in [1.29, 1.82) is 0 Å². The fourth-order valence-corrected chi connectivity index (χ4v) is 5.89. The van der Waals surface area contributed by atoms with Crippen molar-refractivity contribution in [3.8, 4) is 5.75 Å². The summed E-state index contributed by atoms with van der Waals surface area (Å²) in [6.07, 6.45) is -1.49. The van der Waals surface area contributed by atoms with Crippen LogP contribution in [0.1, 0.15) is 27.7 Å². The Morgan fingerprint density at radius 2 is 2.03 bits per heavy atom. The first-order chi connectivity index (χ1) is 16.9. The average Bonchev–Trinajstić information content (AvgIpc) is 3.08. The van der Waals surface area contributed by atoms with Crippen molar-refractivity contribution < 1.29 is 33.0 Å². The van der Waals surface area contributed by atoms with Crippen molar-refractivity contribution in [2.45, 2.75) is 69.2 Å². The minimum atomic E-state index is -4.13. The zero-order chi connectivity index (χ0) is 26.6. The van der Waals surface area contributed by atoms with E-state index in [-0.39, 0.29) is 18.5 Å². The maximum Gasteiger partial charge on any atom is 0.459 e. The third kappa shape index (κ3) is 7.35. The lowest BCUT2D eigenvalue weighted by molar-refractivity contribution is -0.149. The molecule has 0 saturated carbocycles. The van der Waals surface area contributed by atoms with Crippen molar-refractivity contribution in [3.05, 3.63) is 42.1 Å². The smallest absolute Gasteiger partial charge is 0.459 e. The third-order valence-electron chi connectivity index (χ3n) is 5.27. The van der Waals surface area contributed by atoms with E-state index in [0.717, 1.165) is 5.57 Å². The Labute approximate surface area is 226 Å². The number of thiocarbonyl (C=S) groups is 1. The summed E-state index contributed by atoms with van der Waals surface area (Å²) in [5.41, 5.74) is 0.255. The van der Waals surface area contributed by atoms with E-state index in [9.17, 15) is 14.5 Å². The monoisotopic (exact) mass is 579 g/mol. The Kier molecular flexibility index (Phi) is 10.1. The molecule has 1 saturated heterocycles. The summed E-state index contributed by atoms with van der Waals surface area (Å²) in [6.45, 7) is 6.37. The highest BCUT2D eigenvalue weighted by Crippen LogP contribution is 2.46. The Morgan fingerprint density at radius 3 is 2.67 bits per heavy atom. The summed E-state index contributed by atoms with van der Waals surface area (Å²) < 4.78 is 36.1. The van der Waals surface area contributed by atoms with Gasteiger partial charge < -0.3 is 29.3 Å². The molecule has 200 valence electrons. The molecule has 2 aliphatic rings. The number of nitrogens with zero attached hydrogens (tertiary/aromatic N) is 1. The normalized spacial score (nSPS) is 28.8. The second-order valence-corrected chi connectivity index (χ2v) is 11.7. The summed E-state index contributed by atoms with van der Waals surface area (Å²) in [4.78, 5) is 14.5. The number of hydrogen-bond donors (Lipinski definition) is 4. The minimum Gasteiger partial charge on any atom is -0.462 e. The Balaban J connectivity index is 1.73. The van der Waals surface area contributed by atoms with Crippen LogP contribution < -0.4 is 14.9 Å². The van der Waals surface area contributed by atoms with Crippen LogP contribution in [0.5, 0.6) is 5.75 Å². The lowest BCUT2D eigenvalue weighted by Crippen LogP contribution is -2.52. The second kappa shape index (κ2) is 12.4. The van der Waals surface area contributed by atoms with Gasteiger partial charge in [-0.2, -0.15) is 5.09 Å². The number of thiol groups is 1. The highest BCUT2D eigenvalue weighted by molar-refractivity contribution is 7.82. The Morgan fingerprint density at radius 1 is 1.36 bits per heavy atom. The van der Waals surface area contributed by atoms with Crippen molar-refractivity contribution in [3.63, 3.8) is 0 Å². The fraction of sp³-hybridized carbons (Fsp3) is 0.545. The van der Waals surface area contributed by atoms with Crippen molar-refractivity contribution in [1.82, 2.24) is 15.3 Å². The van der Waals surface area contributed by atoms with Crippen LogP contribution in [0.2, 0.25) is 0 Å². The van der Waals surface area contributed by atoms with Crippen LogP contribution in [0, 0.1) is 0 Å². The van der Waals surface area contributed by atoms with Gasteiger partial charge in [-0.05, 0) is 45.4 Å². The molecule has 1 fully saturated rings. The van der Waals surface area contributed by atoms with E-state index >= 15 is 0 Å². The summed E-state index contributed by atoms with van der Waals surface area (Å²) >= 11 is 16.2. The molecule has 14 heteroatoms. The maximum atomic E-state index is 13.7. The highest BCUT2D eigenvalue weighted by atomic mass is 35.5. The minimum absolute atomic E-state index is 0.257. The molecule has 0 amide bonds. The molecular weight excluding hydrogens is 549 g/mol. The lowest BCUT2D eigenvalue weighted by Gasteiger charge is -2.38. The van der Waals surface area contributed by atoms with Gasteiger partial charge in [-0.25, -0.2) is 4.57 Å². The maximum absolute atomic E-state index is 13.7. The summed E-state index contributed by atoms with van der Waals surface area (Å²) in [7, 11) is -4.13. The van der Waals surface area contributed by atoms with E-state index < -0.39 is 49.1 Å². The zero-order valence-electron chi connectivity index (χ0n) is 20.2. The topological polar surface area (TPSA) is 119 Å². The lowest BCUT2D eigenvalue weighted by atomic mass is 10.1. The van der Waals surface area contributed by atoms with Gasteiger partial charge in [-0.15, -0.1) is 24.2 Å². The van der Waals surface area contributed by atoms with Crippen LogP contribution in [0.25, 0.3) is 0 Å². The number of carbonyl (C=O) groups excluding carboxylic acids is 1. The second-order valence-electron chi connectivity index (χ2n) is 8.64. The molecule has 0 aliphatic carbocycles. The standard InChI is InChI=1S/C22H31ClN3O7PS2/c1-12(2)31-21(28)14(4)25-34(29,33-15-8-6-5-7-9-15)30-11-16-18(27)17(23)20(32-16)26-10-13(3)19(35)24-22(26)36/h5-10,12,14,16-18,20,22,27,36H,11H2,1-4H3,(H,24,35)(H,25,29)/t14-,16-,17?,18+,20-,22?,34?/m0/s1. The van der Waals surface area contributed by atoms with Gasteiger partial charge in [0.2, 0.25) is 0 Å². The molecule has 10 nitrogen and oxygen atoms in total. The van der Waals surface area contributed by atoms with E-state index in [1.165, 1.54) is 6.92 Å². The largest absolute Gasteiger partial charge is 0.462 e. The van der Waals surface area contributed by atoms with E-state index in [4.69, 9.17) is 42.3 Å². The van der Waals surface area contributed by atoms with Crippen LogP contribution in [-0.4, -0.2) is 69.0 Å². The Bertz CT molecular complexity index is 1020. The van der Waals surface area contributed by atoms with Crippen LogP contribution in [0.4, 0.5) is 0 Å². The number of benzene rings is 1. The molecule has 0 spiro atoms. The van der Waals surface area contributed by atoms with E-state index in [1.807, 2.05) is 6.92 Å². The van der Waals surface area contributed by atoms with Crippen LogP contribution in [-0.2, 0) is 23.4 Å². The van der Waals surface area contributed by atoms with Gasteiger partial charge in [0.15, 0.2) is 6.23 Å². The molecule has 2 heterocycles. The quantitative estimate of drug-likeness (QED) is 0.108. The number of aliphatic hydroxyl groups is 1. The molecule has 0 aromatic heterocycles. The number of hydrogen-bond acceptors (Lipinski definition) is 10. The van der Waals surface area contributed by atoms with Gasteiger partial charge in [0.05, 0.1) is 12.7 Å². The summed E-state index contributed by atoms with van der Waals surface area (Å²) in [5.74, 6) is -0.367. The molecule has 0 radical (unpaired) electrons. The molecule has 2 aliphatic heterocycles. The van der Waals surface area contributed by atoms with Crippen LogP contribution in [0.3, 0.4) is 0 Å². The molecule has 3 N–H and O–H groups in total. The summed E-state index contributed by atoms with van der Waals surface area (Å²) in [5, 5.41) is 15.5. The number of ether oxygens (including phenoxy) is 2. The third-order valence-corrected chi connectivity index (χ3v) is 8.22. The number of esters is 1. The predicted molar refractivity (Wildman–Crippen MR) is 143 cm³/mol. The first-order valence-electron chi connectivity index (χ1n) is 11.3. The van der Waals surface area contributed by atoms with Crippen molar-refractivity contribution >= 4 is 55.2 Å². The number of alkyl halides is 1. The average molecular weight is 580 g/mol. The fourth-order valence-electron chi connectivity index (χ4n) is 3.46. The molecule has 3 unspecified atom stereocenters. The molecule has 1 aromatic carbocycles. The SMILES string of the molecule is CC1=CN([C@H]2O[C@@H](COP(=O)(N[C@@H](C)C(=O)OC(C)C)Oc3ccccc3)[C@@H](O)C2Cl)C(S)NC1=S. The van der Waals surface area contributed by atoms with E-state index in [0.29, 0.717) is 4.99 Å². The van der Waals surface area contributed by atoms with E-state index in [2.05, 4.69) is 23.0 Å². The van der Waals surface area contributed by atoms with E-state index in [1.54, 1.807) is 55.3 Å². The summed E-state index contributed by atoms with van der Waals surface area (Å²) in [6, 6.07) is 7.34. The number of carbonyl (C=O) groups is 1. The molecular formula is C22H31ClN3O7PS2. The molecule has 1 aromatic rings. The molecule has 0 bridgehead atoms. The first-order valence-corrected chi connectivity index (χ1v) is 14.2. The van der Waals surface area contributed by atoms with Gasteiger partial charge in [0.1, 0.15) is 39.9 Å². The highest BCUT2D eigenvalue weighted by Gasteiger charge is 2.48. The van der Waals surface area contributed by atoms with Gasteiger partial charge in [-0.1, -0.05) is 30.4 Å². The number of para-hydroxylation sites is 1. The predicted octanol–water partition coefficient (Wildman–Crippen LogP) is 3.16.